The normalized spacial score (nSPS) is 10.2. The molecule has 0 aliphatic heterocycles. The van der Waals surface area contributed by atoms with Crippen molar-refractivity contribution in [2.45, 2.75) is 19.8 Å². The largest absolute Gasteiger partial charge is 0.508 e. The van der Waals surface area contributed by atoms with Gasteiger partial charge in [0, 0.05) is 13.1 Å². The van der Waals surface area contributed by atoms with Crippen LogP contribution in [-0.2, 0) is 12.8 Å². The molecule has 0 aliphatic carbocycles. The maximum absolute atomic E-state index is 11.8. The Hall–Kier alpha value is -2.89. The van der Waals surface area contributed by atoms with E-state index >= 15 is 0 Å². The third kappa shape index (κ3) is 6.20. The molecule has 0 bridgehead atoms. The second-order valence-electron chi connectivity index (χ2n) is 5.77. The zero-order valence-corrected chi connectivity index (χ0v) is 15.2. The highest BCUT2D eigenvalue weighted by atomic mass is 16.5. The molecular weight excluding hydrogens is 332 g/mol. The number of amides is 2. The van der Waals surface area contributed by atoms with Crippen LogP contribution in [0.1, 0.15) is 18.1 Å². The van der Waals surface area contributed by atoms with Gasteiger partial charge >= 0.3 is 6.03 Å². The number of phenols is 1. The molecule has 2 aromatic carbocycles. The third-order valence-electron chi connectivity index (χ3n) is 3.86. The van der Waals surface area contributed by atoms with E-state index in [1.165, 1.54) is 0 Å². The fourth-order valence-corrected chi connectivity index (χ4v) is 2.51. The number of benzene rings is 2. The van der Waals surface area contributed by atoms with Crippen molar-refractivity contribution in [2.75, 3.05) is 26.8 Å². The summed E-state index contributed by atoms with van der Waals surface area (Å²) in [6, 6.07) is 12.5. The Morgan fingerprint density at radius 3 is 2.19 bits per heavy atom. The van der Waals surface area contributed by atoms with Crippen LogP contribution in [-0.4, -0.2) is 37.9 Å². The zero-order valence-electron chi connectivity index (χ0n) is 15.2. The Labute approximate surface area is 154 Å². The molecule has 0 saturated carbocycles. The minimum absolute atomic E-state index is 0.193. The van der Waals surface area contributed by atoms with Crippen molar-refractivity contribution in [3.63, 3.8) is 0 Å². The number of aromatic hydroxyl groups is 1. The fraction of sp³-hybridized carbons (Fsp3) is 0.350. The van der Waals surface area contributed by atoms with Gasteiger partial charge in [0.15, 0.2) is 11.5 Å². The number of methoxy groups -OCH3 is 1. The van der Waals surface area contributed by atoms with E-state index < -0.39 is 0 Å². The lowest BCUT2D eigenvalue weighted by atomic mass is 10.1. The highest BCUT2D eigenvalue weighted by molar-refractivity contribution is 5.73. The van der Waals surface area contributed by atoms with E-state index in [4.69, 9.17) is 9.47 Å². The van der Waals surface area contributed by atoms with Crippen molar-refractivity contribution >= 4 is 6.03 Å². The van der Waals surface area contributed by atoms with Crippen molar-refractivity contribution in [3.8, 4) is 17.2 Å². The number of hydrogen-bond donors (Lipinski definition) is 3. The van der Waals surface area contributed by atoms with E-state index in [9.17, 15) is 9.90 Å². The number of nitrogens with one attached hydrogen (secondary N) is 2. The highest BCUT2D eigenvalue weighted by Gasteiger charge is 2.06. The van der Waals surface area contributed by atoms with Gasteiger partial charge < -0.3 is 25.2 Å². The molecule has 2 aromatic rings. The SMILES string of the molecule is CCOc1ccc(CCNC(=O)NCCc2ccc(O)cc2)cc1OC. The molecule has 0 aromatic heterocycles. The van der Waals surface area contributed by atoms with Crippen molar-refractivity contribution in [2.24, 2.45) is 0 Å². The Balaban J connectivity index is 1.70. The predicted molar refractivity (Wildman–Crippen MR) is 101 cm³/mol. The number of rotatable bonds is 9. The molecule has 0 spiro atoms. The van der Waals surface area contributed by atoms with Gasteiger partial charge in [-0.15, -0.1) is 0 Å². The molecule has 6 heteroatoms. The summed E-state index contributed by atoms with van der Waals surface area (Å²) in [5.74, 6) is 1.66. The van der Waals surface area contributed by atoms with Crippen LogP contribution < -0.4 is 20.1 Å². The fourth-order valence-electron chi connectivity index (χ4n) is 2.51. The lowest BCUT2D eigenvalue weighted by Gasteiger charge is -2.11. The standard InChI is InChI=1S/C20H26N2O4/c1-3-26-18-9-6-16(14-19(18)25-2)11-13-22-20(24)21-12-10-15-4-7-17(23)8-5-15/h4-9,14,23H,3,10-13H2,1-2H3,(H2,21,22,24). The Morgan fingerprint density at radius 1 is 0.962 bits per heavy atom. The molecule has 0 saturated heterocycles. The summed E-state index contributed by atoms with van der Waals surface area (Å²) in [5, 5.41) is 14.9. The molecule has 0 radical (unpaired) electrons. The molecule has 3 N–H and O–H groups in total. The van der Waals surface area contributed by atoms with Crippen LogP contribution in [0.3, 0.4) is 0 Å². The molecule has 0 fully saturated rings. The molecule has 2 rings (SSSR count). The third-order valence-corrected chi connectivity index (χ3v) is 3.86. The Kier molecular flexibility index (Phi) is 7.61. The number of ether oxygens (including phenoxy) is 2. The number of carbonyl (C=O) groups is 1. The van der Waals surface area contributed by atoms with E-state index in [1.807, 2.05) is 37.3 Å². The maximum Gasteiger partial charge on any atom is 0.314 e. The number of hydrogen-bond acceptors (Lipinski definition) is 4. The zero-order chi connectivity index (χ0) is 18.8. The summed E-state index contributed by atoms with van der Waals surface area (Å²) in [6.07, 6.45) is 1.41. The first-order chi connectivity index (χ1) is 12.6. The number of carbonyl (C=O) groups excluding carboxylic acids is 1. The average Bonchev–Trinajstić information content (AvgIpc) is 2.64. The molecule has 0 atom stereocenters. The van der Waals surface area contributed by atoms with E-state index in [2.05, 4.69) is 10.6 Å². The number of phenolic OH excluding ortho intramolecular Hbond substituents is 1. The highest BCUT2D eigenvalue weighted by Crippen LogP contribution is 2.28. The topological polar surface area (TPSA) is 79.8 Å². The first-order valence-corrected chi connectivity index (χ1v) is 8.71. The van der Waals surface area contributed by atoms with Gasteiger partial charge in [-0.1, -0.05) is 18.2 Å². The van der Waals surface area contributed by atoms with Crippen LogP contribution in [0.5, 0.6) is 17.2 Å². The Morgan fingerprint density at radius 2 is 1.58 bits per heavy atom. The van der Waals surface area contributed by atoms with Crippen molar-refractivity contribution in [1.29, 1.82) is 0 Å². The lowest BCUT2D eigenvalue weighted by Crippen LogP contribution is -2.37. The van der Waals surface area contributed by atoms with Crippen LogP contribution in [0.2, 0.25) is 0 Å². The number of urea groups is 1. The second kappa shape index (κ2) is 10.2. The van der Waals surface area contributed by atoms with Crippen LogP contribution in [0.4, 0.5) is 4.79 Å². The van der Waals surface area contributed by atoms with Crippen molar-refractivity contribution < 1.29 is 19.4 Å². The first kappa shape index (κ1) is 19.4. The van der Waals surface area contributed by atoms with Crippen LogP contribution in [0.15, 0.2) is 42.5 Å². The van der Waals surface area contributed by atoms with Crippen molar-refractivity contribution in [1.82, 2.24) is 10.6 Å². The van der Waals surface area contributed by atoms with Gasteiger partial charge in [0.05, 0.1) is 13.7 Å². The molecule has 0 unspecified atom stereocenters. The van der Waals surface area contributed by atoms with Crippen LogP contribution >= 0.6 is 0 Å². The first-order valence-electron chi connectivity index (χ1n) is 8.71. The molecule has 140 valence electrons. The molecule has 26 heavy (non-hydrogen) atoms. The average molecular weight is 358 g/mol. The smallest absolute Gasteiger partial charge is 0.314 e. The van der Waals surface area contributed by atoms with E-state index in [0.717, 1.165) is 16.9 Å². The van der Waals surface area contributed by atoms with Gasteiger partial charge in [0.2, 0.25) is 0 Å². The van der Waals surface area contributed by atoms with E-state index in [1.54, 1.807) is 19.2 Å². The summed E-state index contributed by atoms with van der Waals surface area (Å²) in [5.41, 5.74) is 2.12. The minimum Gasteiger partial charge on any atom is -0.508 e. The summed E-state index contributed by atoms with van der Waals surface area (Å²) in [4.78, 5) is 11.8. The van der Waals surface area contributed by atoms with E-state index in [0.29, 0.717) is 38.3 Å². The monoisotopic (exact) mass is 358 g/mol. The molecule has 0 aliphatic rings. The van der Waals surface area contributed by atoms with Gasteiger partial charge in [-0.2, -0.15) is 0 Å². The summed E-state index contributed by atoms with van der Waals surface area (Å²) in [7, 11) is 1.61. The quantitative estimate of drug-likeness (QED) is 0.644. The van der Waals surface area contributed by atoms with Crippen molar-refractivity contribution in [3.05, 3.63) is 53.6 Å². The van der Waals surface area contributed by atoms with Crippen LogP contribution in [0.25, 0.3) is 0 Å². The molecule has 0 heterocycles. The Bertz CT molecular complexity index is 701. The van der Waals surface area contributed by atoms with Gasteiger partial charge in [-0.25, -0.2) is 4.79 Å². The molecular formula is C20H26N2O4. The predicted octanol–water partition coefficient (Wildman–Crippen LogP) is 2.88. The van der Waals surface area contributed by atoms with E-state index in [-0.39, 0.29) is 11.8 Å². The maximum atomic E-state index is 11.8. The van der Waals surface area contributed by atoms with Gasteiger partial charge in [-0.3, -0.25) is 0 Å². The second-order valence-corrected chi connectivity index (χ2v) is 5.77. The van der Waals surface area contributed by atoms with Crippen LogP contribution in [0, 0.1) is 0 Å². The summed E-state index contributed by atoms with van der Waals surface area (Å²) >= 11 is 0. The lowest BCUT2D eigenvalue weighted by molar-refractivity contribution is 0.241. The minimum atomic E-state index is -0.193. The van der Waals surface area contributed by atoms with Gasteiger partial charge in [0.1, 0.15) is 5.75 Å². The summed E-state index contributed by atoms with van der Waals surface area (Å²) < 4.78 is 10.8. The van der Waals surface area contributed by atoms with Gasteiger partial charge in [0.25, 0.3) is 0 Å². The van der Waals surface area contributed by atoms with Gasteiger partial charge in [-0.05, 0) is 55.2 Å². The molecule has 2 amide bonds. The summed E-state index contributed by atoms with van der Waals surface area (Å²) in [6.45, 7) is 3.58. The molecule has 6 nitrogen and oxygen atoms in total.